The lowest BCUT2D eigenvalue weighted by Crippen LogP contribution is -2.08. The molecule has 3 aromatic rings. The molecule has 0 saturated heterocycles. The van der Waals surface area contributed by atoms with E-state index in [9.17, 15) is 4.39 Å². The first-order chi connectivity index (χ1) is 10.0. The predicted octanol–water partition coefficient (Wildman–Crippen LogP) is 6.02. The van der Waals surface area contributed by atoms with Crippen molar-refractivity contribution in [2.75, 3.05) is 5.32 Å². The van der Waals surface area contributed by atoms with Gasteiger partial charge in [0.2, 0.25) is 0 Å². The Morgan fingerprint density at radius 1 is 1.38 bits per heavy atom. The monoisotopic (exact) mass is 384 g/mol. The first kappa shape index (κ1) is 14.8. The molecule has 0 aliphatic heterocycles. The van der Waals surface area contributed by atoms with Gasteiger partial charge in [-0.1, -0.05) is 11.6 Å². The van der Waals surface area contributed by atoms with Gasteiger partial charge in [-0.2, -0.15) is 0 Å². The zero-order valence-corrected chi connectivity index (χ0v) is 14.2. The van der Waals surface area contributed by atoms with Crippen LogP contribution in [0.1, 0.15) is 18.5 Å². The van der Waals surface area contributed by atoms with Gasteiger partial charge < -0.3 is 5.32 Å². The topological polar surface area (TPSA) is 24.9 Å². The summed E-state index contributed by atoms with van der Waals surface area (Å²) in [6.45, 7) is 2.02. The fourth-order valence-electron chi connectivity index (χ4n) is 2.08. The molecule has 2 heterocycles. The minimum absolute atomic E-state index is 0.00302. The Balaban J connectivity index is 1.90. The summed E-state index contributed by atoms with van der Waals surface area (Å²) in [5.74, 6) is -0.369. The first-order valence-corrected chi connectivity index (χ1v) is 8.34. The van der Waals surface area contributed by atoms with Crippen LogP contribution in [0, 0.1) is 5.82 Å². The summed E-state index contributed by atoms with van der Waals surface area (Å²) in [5, 5.41) is 5.66. The summed E-state index contributed by atoms with van der Waals surface area (Å²) in [5.41, 5.74) is 2.73. The molecule has 6 heteroatoms. The number of thiophene rings is 1. The van der Waals surface area contributed by atoms with Crippen LogP contribution < -0.4 is 5.32 Å². The molecule has 0 spiro atoms. The number of pyridine rings is 1. The number of aromatic nitrogens is 1. The molecule has 1 atom stereocenters. The van der Waals surface area contributed by atoms with E-state index in [1.807, 2.05) is 24.6 Å². The number of hydrogen-bond acceptors (Lipinski definition) is 3. The molecule has 0 fully saturated rings. The largest absolute Gasteiger partial charge is 0.376 e. The Kier molecular flexibility index (Phi) is 4.15. The number of nitrogens with one attached hydrogen (secondary N) is 1. The molecule has 108 valence electrons. The van der Waals surface area contributed by atoms with Crippen molar-refractivity contribution < 1.29 is 4.39 Å². The van der Waals surface area contributed by atoms with Crippen molar-refractivity contribution in [1.82, 2.24) is 4.98 Å². The molecule has 0 saturated carbocycles. The molecule has 0 bridgehead atoms. The third-order valence-corrected chi connectivity index (χ3v) is 4.97. The van der Waals surface area contributed by atoms with Crippen molar-refractivity contribution in [3.8, 4) is 0 Å². The minimum Gasteiger partial charge on any atom is -0.376 e. The molecule has 0 amide bonds. The van der Waals surface area contributed by atoms with E-state index >= 15 is 0 Å². The van der Waals surface area contributed by atoms with E-state index in [0.717, 1.165) is 15.8 Å². The quantitative estimate of drug-likeness (QED) is 0.596. The van der Waals surface area contributed by atoms with Crippen LogP contribution in [0.15, 0.2) is 40.3 Å². The predicted molar refractivity (Wildman–Crippen MR) is 90.8 cm³/mol. The number of rotatable bonds is 3. The van der Waals surface area contributed by atoms with Crippen LogP contribution in [-0.2, 0) is 0 Å². The lowest BCUT2D eigenvalue weighted by atomic mass is 10.1. The van der Waals surface area contributed by atoms with Gasteiger partial charge in [-0.3, -0.25) is 4.98 Å². The first-order valence-electron chi connectivity index (χ1n) is 6.29. The van der Waals surface area contributed by atoms with Crippen molar-refractivity contribution in [2.24, 2.45) is 0 Å². The summed E-state index contributed by atoms with van der Waals surface area (Å²) in [7, 11) is 0. The Morgan fingerprint density at radius 3 is 2.95 bits per heavy atom. The van der Waals surface area contributed by atoms with E-state index in [0.29, 0.717) is 15.2 Å². The van der Waals surface area contributed by atoms with Gasteiger partial charge in [-0.15, -0.1) is 11.3 Å². The van der Waals surface area contributed by atoms with Gasteiger partial charge in [0.25, 0.3) is 0 Å². The van der Waals surface area contributed by atoms with Crippen LogP contribution in [0.25, 0.3) is 10.2 Å². The molecular weight excluding hydrogens is 375 g/mol. The van der Waals surface area contributed by atoms with Gasteiger partial charge >= 0.3 is 0 Å². The van der Waals surface area contributed by atoms with E-state index in [2.05, 4.69) is 32.3 Å². The number of benzene rings is 1. The fraction of sp³-hybridized carbons (Fsp3) is 0.133. The molecule has 3 rings (SSSR count). The summed E-state index contributed by atoms with van der Waals surface area (Å²) < 4.78 is 15.0. The smallest absolute Gasteiger partial charge is 0.125 e. The van der Waals surface area contributed by atoms with Crippen LogP contribution in [-0.4, -0.2) is 4.98 Å². The van der Waals surface area contributed by atoms with E-state index in [-0.39, 0.29) is 11.9 Å². The van der Waals surface area contributed by atoms with Crippen molar-refractivity contribution in [3.63, 3.8) is 0 Å². The molecular formula is C15H11BrClFN2S. The van der Waals surface area contributed by atoms with Gasteiger partial charge in [-0.05, 0) is 58.1 Å². The standard InChI is InChI=1S/C15H11BrClFN2S/c1-8(9-4-14-13(19-7-9)2-3-21-14)20-15-11(16)5-10(18)6-12(15)17/h2-8,20H,1H3. The van der Waals surface area contributed by atoms with Crippen LogP contribution >= 0.6 is 38.9 Å². The highest BCUT2D eigenvalue weighted by Gasteiger charge is 2.13. The maximum Gasteiger partial charge on any atom is 0.125 e. The number of fused-ring (bicyclic) bond motifs is 1. The molecule has 0 aliphatic rings. The van der Waals surface area contributed by atoms with E-state index in [1.54, 1.807) is 11.3 Å². The van der Waals surface area contributed by atoms with Crippen molar-refractivity contribution >= 4 is 54.8 Å². The number of nitrogens with zero attached hydrogens (tertiary/aromatic N) is 1. The van der Waals surface area contributed by atoms with Gasteiger partial charge in [0.1, 0.15) is 5.82 Å². The van der Waals surface area contributed by atoms with Gasteiger partial charge in [0.15, 0.2) is 0 Å². The van der Waals surface area contributed by atoms with Crippen LogP contribution in [0.5, 0.6) is 0 Å². The number of hydrogen-bond donors (Lipinski definition) is 1. The van der Waals surface area contributed by atoms with Gasteiger partial charge in [0, 0.05) is 10.7 Å². The zero-order valence-electron chi connectivity index (χ0n) is 11.0. The Labute approximate surface area is 139 Å². The second-order valence-electron chi connectivity index (χ2n) is 4.68. The summed E-state index contributed by atoms with van der Waals surface area (Å²) in [4.78, 5) is 4.43. The Hall–Kier alpha value is -1.17. The Morgan fingerprint density at radius 2 is 2.19 bits per heavy atom. The van der Waals surface area contributed by atoms with E-state index in [4.69, 9.17) is 11.6 Å². The average molecular weight is 386 g/mol. The third kappa shape index (κ3) is 3.05. The second-order valence-corrected chi connectivity index (χ2v) is 6.89. The second kappa shape index (κ2) is 5.91. The van der Waals surface area contributed by atoms with Gasteiger partial charge in [-0.25, -0.2) is 4.39 Å². The maximum absolute atomic E-state index is 13.3. The molecule has 0 radical (unpaired) electrons. The summed E-state index contributed by atoms with van der Waals surface area (Å²) in [6.07, 6.45) is 1.85. The summed E-state index contributed by atoms with van der Waals surface area (Å²) >= 11 is 11.1. The van der Waals surface area contributed by atoms with Crippen LogP contribution in [0.2, 0.25) is 5.02 Å². The molecule has 0 aliphatic carbocycles. The Bertz CT molecular complexity index is 782. The van der Waals surface area contributed by atoms with Gasteiger partial charge in [0.05, 0.1) is 27.0 Å². The van der Waals surface area contributed by atoms with Crippen molar-refractivity contribution in [1.29, 1.82) is 0 Å². The fourth-order valence-corrected chi connectivity index (χ4v) is 3.79. The highest BCUT2D eigenvalue weighted by molar-refractivity contribution is 9.10. The molecule has 1 aromatic carbocycles. The molecule has 21 heavy (non-hydrogen) atoms. The number of anilines is 1. The van der Waals surface area contributed by atoms with E-state index in [1.165, 1.54) is 12.1 Å². The minimum atomic E-state index is -0.369. The van der Waals surface area contributed by atoms with E-state index < -0.39 is 0 Å². The SMILES string of the molecule is CC(Nc1c(Cl)cc(F)cc1Br)c1cnc2ccsc2c1. The summed E-state index contributed by atoms with van der Waals surface area (Å²) in [6, 6.07) is 6.79. The molecule has 2 aromatic heterocycles. The molecule has 2 nitrogen and oxygen atoms in total. The highest BCUT2D eigenvalue weighted by atomic mass is 79.9. The van der Waals surface area contributed by atoms with Crippen LogP contribution in [0.3, 0.4) is 0 Å². The van der Waals surface area contributed by atoms with Crippen LogP contribution in [0.4, 0.5) is 10.1 Å². The lowest BCUT2D eigenvalue weighted by molar-refractivity contribution is 0.627. The molecule has 1 unspecified atom stereocenters. The normalized spacial score (nSPS) is 12.6. The maximum atomic E-state index is 13.3. The molecule has 1 N–H and O–H groups in total. The number of halogens is 3. The zero-order chi connectivity index (χ0) is 15.0. The highest BCUT2D eigenvalue weighted by Crippen LogP contribution is 2.34. The van der Waals surface area contributed by atoms with Crippen molar-refractivity contribution in [3.05, 3.63) is 56.7 Å². The lowest BCUT2D eigenvalue weighted by Gasteiger charge is -2.18. The van der Waals surface area contributed by atoms with Crippen molar-refractivity contribution in [2.45, 2.75) is 13.0 Å². The third-order valence-electron chi connectivity index (χ3n) is 3.19. The average Bonchev–Trinajstić information content (AvgIpc) is 2.89.